The Bertz CT molecular complexity index is 314. The van der Waals surface area contributed by atoms with E-state index in [1.54, 1.807) is 14.0 Å². The van der Waals surface area contributed by atoms with Crippen molar-refractivity contribution in [3.8, 4) is 0 Å². The zero-order chi connectivity index (χ0) is 12.2. The van der Waals surface area contributed by atoms with Gasteiger partial charge in [-0.05, 0) is 37.4 Å². The number of halogens is 1. The van der Waals surface area contributed by atoms with Crippen molar-refractivity contribution in [1.29, 1.82) is 0 Å². The van der Waals surface area contributed by atoms with Crippen molar-refractivity contribution in [2.24, 2.45) is 5.92 Å². The second-order valence-electron chi connectivity index (χ2n) is 5.02. The summed E-state index contributed by atoms with van der Waals surface area (Å²) in [5.41, 5.74) is 0.735. The van der Waals surface area contributed by atoms with Crippen molar-refractivity contribution in [2.45, 2.75) is 32.9 Å². The maximum atomic E-state index is 14.2. The van der Waals surface area contributed by atoms with Gasteiger partial charge in [-0.3, -0.25) is 0 Å². The highest BCUT2D eigenvalue weighted by molar-refractivity contribution is 5.27. The van der Waals surface area contributed by atoms with Gasteiger partial charge in [0.1, 0.15) is 5.67 Å². The number of benzene rings is 1. The highest BCUT2D eigenvalue weighted by Gasteiger charge is 2.24. The first-order valence-electron chi connectivity index (χ1n) is 5.88. The summed E-state index contributed by atoms with van der Waals surface area (Å²) in [7, 11) is 1.77. The van der Waals surface area contributed by atoms with E-state index in [0.717, 1.165) is 12.0 Å². The number of hydrogen-bond acceptors (Lipinski definition) is 1. The molecule has 0 saturated heterocycles. The lowest BCUT2D eigenvalue weighted by Gasteiger charge is -2.20. The molecule has 0 amide bonds. The molecule has 0 heterocycles. The summed E-state index contributed by atoms with van der Waals surface area (Å²) in [5, 5.41) is 2.88. The Kier molecular flexibility index (Phi) is 4.48. The molecule has 1 N–H and O–H groups in total. The van der Waals surface area contributed by atoms with E-state index >= 15 is 0 Å². The highest BCUT2D eigenvalue weighted by atomic mass is 19.1. The molecule has 0 aliphatic carbocycles. The zero-order valence-corrected chi connectivity index (χ0v) is 10.7. The van der Waals surface area contributed by atoms with Crippen molar-refractivity contribution in [1.82, 2.24) is 5.32 Å². The van der Waals surface area contributed by atoms with Crippen LogP contribution < -0.4 is 5.32 Å². The molecular formula is C14H22FN. The van der Waals surface area contributed by atoms with Crippen molar-refractivity contribution < 1.29 is 4.39 Å². The second kappa shape index (κ2) is 5.44. The normalized spacial score (nSPS) is 15.1. The Hall–Kier alpha value is -0.890. The van der Waals surface area contributed by atoms with Crippen molar-refractivity contribution in [3.05, 3.63) is 35.4 Å². The van der Waals surface area contributed by atoms with Gasteiger partial charge in [0.15, 0.2) is 0 Å². The summed E-state index contributed by atoms with van der Waals surface area (Å²) >= 11 is 0. The molecule has 2 heteroatoms. The molecule has 1 rings (SSSR count). The molecule has 1 aromatic rings. The molecule has 16 heavy (non-hydrogen) atoms. The highest BCUT2D eigenvalue weighted by Crippen LogP contribution is 2.25. The lowest BCUT2D eigenvalue weighted by atomic mass is 9.95. The van der Waals surface area contributed by atoms with Crippen LogP contribution in [0.5, 0.6) is 0 Å². The number of alkyl halides is 1. The smallest absolute Gasteiger partial charge is 0.145 e. The Morgan fingerprint density at radius 2 is 1.81 bits per heavy atom. The van der Waals surface area contributed by atoms with Crippen molar-refractivity contribution in [2.75, 3.05) is 13.6 Å². The topological polar surface area (TPSA) is 12.0 Å². The summed E-state index contributed by atoms with van der Waals surface area (Å²) < 4.78 is 14.2. The van der Waals surface area contributed by atoms with Crippen LogP contribution in [0.4, 0.5) is 4.39 Å². The average Bonchev–Trinajstić information content (AvgIpc) is 2.17. The van der Waals surface area contributed by atoms with Crippen LogP contribution in [0.3, 0.4) is 0 Å². The summed E-state index contributed by atoms with van der Waals surface area (Å²) in [4.78, 5) is 0. The first-order chi connectivity index (χ1) is 7.45. The number of rotatable bonds is 5. The molecule has 0 aromatic heterocycles. The molecule has 0 spiro atoms. The maximum absolute atomic E-state index is 14.2. The standard InChI is InChI=1S/C14H22FN/c1-11(2)9-12-5-7-13(8-6-12)14(3,15)10-16-4/h5-8,11,16H,9-10H2,1-4H3. The van der Waals surface area contributed by atoms with E-state index in [0.29, 0.717) is 12.5 Å². The zero-order valence-electron chi connectivity index (χ0n) is 10.7. The van der Waals surface area contributed by atoms with Crippen LogP contribution in [0.25, 0.3) is 0 Å². The first-order valence-corrected chi connectivity index (χ1v) is 5.88. The van der Waals surface area contributed by atoms with Crippen molar-refractivity contribution >= 4 is 0 Å². The Labute approximate surface area is 98.1 Å². The van der Waals surface area contributed by atoms with E-state index in [1.165, 1.54) is 5.56 Å². The van der Waals surface area contributed by atoms with E-state index < -0.39 is 5.67 Å². The quantitative estimate of drug-likeness (QED) is 0.807. The fourth-order valence-corrected chi connectivity index (χ4v) is 1.89. The van der Waals surface area contributed by atoms with E-state index in [-0.39, 0.29) is 0 Å². The van der Waals surface area contributed by atoms with Crippen LogP contribution in [0.2, 0.25) is 0 Å². The predicted octanol–water partition coefficient (Wildman–Crippen LogP) is 3.29. The van der Waals surface area contributed by atoms with Crippen molar-refractivity contribution in [3.63, 3.8) is 0 Å². The van der Waals surface area contributed by atoms with Crippen LogP contribution in [0.15, 0.2) is 24.3 Å². The molecule has 0 radical (unpaired) electrons. The van der Waals surface area contributed by atoms with Crippen LogP contribution in [-0.4, -0.2) is 13.6 Å². The van der Waals surface area contributed by atoms with Crippen LogP contribution in [0, 0.1) is 5.92 Å². The number of likely N-dealkylation sites (N-methyl/N-ethyl adjacent to an activating group) is 1. The molecule has 0 saturated carbocycles. The van der Waals surface area contributed by atoms with Gasteiger partial charge < -0.3 is 5.32 Å². The third-order valence-corrected chi connectivity index (χ3v) is 2.71. The molecule has 0 bridgehead atoms. The predicted molar refractivity (Wildman–Crippen MR) is 67.4 cm³/mol. The fraction of sp³-hybridized carbons (Fsp3) is 0.571. The molecule has 1 atom stereocenters. The van der Waals surface area contributed by atoms with E-state index in [4.69, 9.17) is 0 Å². The van der Waals surface area contributed by atoms with Crippen LogP contribution >= 0.6 is 0 Å². The third-order valence-electron chi connectivity index (χ3n) is 2.71. The van der Waals surface area contributed by atoms with Gasteiger partial charge in [0, 0.05) is 6.54 Å². The van der Waals surface area contributed by atoms with Gasteiger partial charge in [-0.2, -0.15) is 0 Å². The Morgan fingerprint density at radius 3 is 2.25 bits per heavy atom. The maximum Gasteiger partial charge on any atom is 0.145 e. The molecule has 1 unspecified atom stereocenters. The van der Waals surface area contributed by atoms with Gasteiger partial charge in [0.2, 0.25) is 0 Å². The van der Waals surface area contributed by atoms with Crippen LogP contribution in [0.1, 0.15) is 31.9 Å². The SMILES string of the molecule is CNCC(C)(F)c1ccc(CC(C)C)cc1. The minimum absolute atomic E-state index is 0.344. The average molecular weight is 223 g/mol. The first kappa shape index (κ1) is 13.2. The third kappa shape index (κ3) is 3.60. The van der Waals surface area contributed by atoms with Gasteiger partial charge in [-0.25, -0.2) is 4.39 Å². The molecule has 1 aromatic carbocycles. The van der Waals surface area contributed by atoms with Crippen LogP contribution in [-0.2, 0) is 12.1 Å². The molecule has 90 valence electrons. The number of nitrogens with one attached hydrogen (secondary N) is 1. The fourth-order valence-electron chi connectivity index (χ4n) is 1.89. The largest absolute Gasteiger partial charge is 0.316 e. The molecule has 0 fully saturated rings. The summed E-state index contributed by atoms with van der Waals surface area (Å²) in [5.74, 6) is 0.639. The number of hydrogen-bond donors (Lipinski definition) is 1. The molecule has 0 aliphatic heterocycles. The van der Waals surface area contributed by atoms with Gasteiger partial charge in [0.25, 0.3) is 0 Å². The van der Waals surface area contributed by atoms with E-state index in [1.807, 2.05) is 24.3 Å². The molecule has 1 nitrogen and oxygen atoms in total. The lowest BCUT2D eigenvalue weighted by Crippen LogP contribution is -2.29. The van der Waals surface area contributed by atoms with Gasteiger partial charge in [-0.1, -0.05) is 38.1 Å². The van der Waals surface area contributed by atoms with E-state index in [2.05, 4.69) is 19.2 Å². The second-order valence-corrected chi connectivity index (χ2v) is 5.02. The minimum Gasteiger partial charge on any atom is -0.316 e. The molecule has 0 aliphatic rings. The summed E-state index contributed by atoms with van der Waals surface area (Å²) in [6.07, 6.45) is 1.05. The van der Waals surface area contributed by atoms with E-state index in [9.17, 15) is 4.39 Å². The van der Waals surface area contributed by atoms with Gasteiger partial charge >= 0.3 is 0 Å². The molecular weight excluding hydrogens is 201 g/mol. The van der Waals surface area contributed by atoms with Gasteiger partial charge in [0.05, 0.1) is 0 Å². The Balaban J connectivity index is 2.78. The van der Waals surface area contributed by atoms with Gasteiger partial charge in [-0.15, -0.1) is 0 Å². The summed E-state index contributed by atoms with van der Waals surface area (Å²) in [6, 6.07) is 7.86. The Morgan fingerprint density at radius 1 is 1.25 bits per heavy atom. The lowest BCUT2D eigenvalue weighted by molar-refractivity contribution is 0.191. The monoisotopic (exact) mass is 223 g/mol. The minimum atomic E-state index is -1.29. The summed E-state index contributed by atoms with van der Waals surface area (Å²) in [6.45, 7) is 6.33.